The summed E-state index contributed by atoms with van der Waals surface area (Å²) in [5.74, 6) is -0.449. The van der Waals surface area contributed by atoms with Gasteiger partial charge in [-0.15, -0.1) is 0 Å². The van der Waals surface area contributed by atoms with Crippen LogP contribution in [-0.2, 0) is 23.8 Å². The second-order valence-corrected chi connectivity index (χ2v) is 13.1. The highest BCUT2D eigenvalue weighted by molar-refractivity contribution is 5.70. The topological polar surface area (TPSA) is 61.8 Å². The summed E-state index contributed by atoms with van der Waals surface area (Å²) in [5, 5.41) is 0. The van der Waals surface area contributed by atoms with E-state index in [2.05, 4.69) is 93.7 Å². The maximum Gasteiger partial charge on any atom is 0.306 e. The van der Waals surface area contributed by atoms with E-state index in [0.717, 1.165) is 103 Å². The highest BCUT2D eigenvalue weighted by atomic mass is 16.6. The van der Waals surface area contributed by atoms with Crippen LogP contribution in [-0.4, -0.2) is 37.9 Å². The molecule has 5 nitrogen and oxygen atoms in total. The number of esters is 2. The third kappa shape index (κ3) is 38.1. The summed E-state index contributed by atoms with van der Waals surface area (Å²) < 4.78 is 17.1. The van der Waals surface area contributed by atoms with E-state index in [1.54, 1.807) is 0 Å². The molecule has 0 radical (unpaired) electrons. The van der Waals surface area contributed by atoms with Gasteiger partial charge in [0.05, 0.1) is 6.61 Å². The molecule has 5 heteroatoms. The summed E-state index contributed by atoms with van der Waals surface area (Å²) in [4.78, 5) is 24.9. The molecule has 0 aromatic heterocycles. The standard InChI is InChI=1S/C45H76O5/c1-4-7-10-13-15-17-19-21-23-24-26-28-30-33-35-38-44(46)49-42-43(50-45(47)39-36-32-12-9-6-3)41-48-40-37-34-31-29-27-25-22-20-18-16-14-11-8-5-2/h7-8,10-11,15-18,21-23,25,43H,4-6,9,12-14,19-20,24,26-42H2,1-3H3/b10-7-,11-8-,17-15-,18-16-,23-21-,25-22-. The first-order chi connectivity index (χ1) is 24.6. The highest BCUT2D eigenvalue weighted by Gasteiger charge is 2.17. The summed E-state index contributed by atoms with van der Waals surface area (Å²) in [6.07, 6.45) is 50.6. The molecule has 50 heavy (non-hydrogen) atoms. The molecule has 0 aromatic carbocycles. The number of hydrogen-bond donors (Lipinski definition) is 0. The minimum absolute atomic E-state index is 0.0638. The third-order valence-electron chi connectivity index (χ3n) is 8.24. The van der Waals surface area contributed by atoms with Crippen molar-refractivity contribution >= 4 is 11.9 Å². The van der Waals surface area contributed by atoms with Crippen molar-refractivity contribution in [3.05, 3.63) is 72.9 Å². The van der Waals surface area contributed by atoms with Gasteiger partial charge in [0.1, 0.15) is 6.61 Å². The van der Waals surface area contributed by atoms with Crippen molar-refractivity contribution in [2.24, 2.45) is 0 Å². The maximum atomic E-state index is 12.5. The molecular weight excluding hydrogens is 620 g/mol. The zero-order valence-corrected chi connectivity index (χ0v) is 32.6. The Morgan fingerprint density at radius 2 is 0.900 bits per heavy atom. The van der Waals surface area contributed by atoms with E-state index in [1.807, 2.05) is 0 Å². The molecule has 0 heterocycles. The average Bonchev–Trinajstić information content (AvgIpc) is 3.11. The molecule has 0 aromatic rings. The van der Waals surface area contributed by atoms with Crippen LogP contribution in [0.25, 0.3) is 0 Å². The Morgan fingerprint density at radius 3 is 1.44 bits per heavy atom. The lowest BCUT2D eigenvalue weighted by atomic mass is 10.1. The molecule has 1 atom stereocenters. The Morgan fingerprint density at radius 1 is 0.460 bits per heavy atom. The van der Waals surface area contributed by atoms with Crippen LogP contribution in [0.1, 0.15) is 175 Å². The summed E-state index contributed by atoms with van der Waals surface area (Å²) in [6, 6.07) is 0. The monoisotopic (exact) mass is 697 g/mol. The molecule has 1 unspecified atom stereocenters. The smallest absolute Gasteiger partial charge is 0.306 e. The van der Waals surface area contributed by atoms with Crippen molar-refractivity contribution in [3.63, 3.8) is 0 Å². The maximum absolute atomic E-state index is 12.5. The first-order valence-corrected chi connectivity index (χ1v) is 20.5. The molecule has 0 amide bonds. The Hall–Kier alpha value is -2.66. The fourth-order valence-electron chi connectivity index (χ4n) is 5.24. The number of carbonyl (C=O) groups excluding carboxylic acids is 2. The molecule has 0 aliphatic heterocycles. The Labute approximate surface area is 308 Å². The fourth-order valence-corrected chi connectivity index (χ4v) is 5.24. The number of carbonyl (C=O) groups is 2. The predicted octanol–water partition coefficient (Wildman–Crippen LogP) is 13.2. The fraction of sp³-hybridized carbons (Fsp3) is 0.689. The molecule has 0 saturated heterocycles. The van der Waals surface area contributed by atoms with Gasteiger partial charge in [-0.1, -0.05) is 151 Å². The molecule has 0 spiro atoms. The van der Waals surface area contributed by atoms with E-state index in [1.165, 1.54) is 38.5 Å². The van der Waals surface area contributed by atoms with Crippen LogP contribution in [0.5, 0.6) is 0 Å². The lowest BCUT2D eigenvalue weighted by Crippen LogP contribution is -2.30. The van der Waals surface area contributed by atoms with Crippen molar-refractivity contribution in [2.45, 2.75) is 181 Å². The van der Waals surface area contributed by atoms with Gasteiger partial charge in [-0.2, -0.15) is 0 Å². The number of ether oxygens (including phenoxy) is 3. The van der Waals surface area contributed by atoms with Crippen LogP contribution in [0.4, 0.5) is 0 Å². The number of rotatable bonds is 36. The lowest BCUT2D eigenvalue weighted by molar-refractivity contribution is -0.163. The van der Waals surface area contributed by atoms with Gasteiger partial charge in [0.15, 0.2) is 6.10 Å². The zero-order valence-electron chi connectivity index (χ0n) is 32.6. The van der Waals surface area contributed by atoms with Gasteiger partial charge in [-0.3, -0.25) is 9.59 Å². The molecule has 0 bridgehead atoms. The second-order valence-electron chi connectivity index (χ2n) is 13.1. The SMILES string of the molecule is CC/C=C\C/C=C\C/C=C\CCCCCCCC(=O)OCC(COCCCCCC/C=C\C/C=C\C/C=C\CC)OC(=O)CCCCCCC. The summed E-state index contributed by atoms with van der Waals surface area (Å²) in [7, 11) is 0. The summed E-state index contributed by atoms with van der Waals surface area (Å²) in [6.45, 7) is 7.44. The van der Waals surface area contributed by atoms with Crippen LogP contribution in [0.15, 0.2) is 72.9 Å². The van der Waals surface area contributed by atoms with Crippen molar-refractivity contribution in [2.75, 3.05) is 19.8 Å². The lowest BCUT2D eigenvalue weighted by Gasteiger charge is -2.18. The van der Waals surface area contributed by atoms with Crippen molar-refractivity contribution in [1.29, 1.82) is 0 Å². The van der Waals surface area contributed by atoms with Crippen LogP contribution >= 0.6 is 0 Å². The Bertz CT molecular complexity index is 926. The quantitative estimate of drug-likeness (QED) is 0.0371. The van der Waals surface area contributed by atoms with E-state index in [0.29, 0.717) is 19.4 Å². The molecule has 0 aliphatic carbocycles. The van der Waals surface area contributed by atoms with E-state index in [-0.39, 0.29) is 25.2 Å². The minimum atomic E-state index is -0.551. The average molecular weight is 697 g/mol. The van der Waals surface area contributed by atoms with E-state index >= 15 is 0 Å². The van der Waals surface area contributed by atoms with Crippen molar-refractivity contribution in [3.8, 4) is 0 Å². The van der Waals surface area contributed by atoms with Crippen LogP contribution in [0.2, 0.25) is 0 Å². The molecule has 0 aliphatic rings. The molecule has 286 valence electrons. The first-order valence-electron chi connectivity index (χ1n) is 20.5. The second kappa shape index (κ2) is 40.8. The highest BCUT2D eigenvalue weighted by Crippen LogP contribution is 2.11. The minimum Gasteiger partial charge on any atom is -0.462 e. The van der Waals surface area contributed by atoms with Gasteiger partial charge in [0, 0.05) is 19.4 Å². The third-order valence-corrected chi connectivity index (χ3v) is 8.24. The molecular formula is C45H76O5. The summed E-state index contributed by atoms with van der Waals surface area (Å²) in [5.41, 5.74) is 0. The van der Waals surface area contributed by atoms with Gasteiger partial charge in [0.25, 0.3) is 0 Å². The van der Waals surface area contributed by atoms with Gasteiger partial charge in [-0.05, 0) is 83.5 Å². The van der Waals surface area contributed by atoms with Crippen molar-refractivity contribution < 1.29 is 23.8 Å². The van der Waals surface area contributed by atoms with Crippen LogP contribution < -0.4 is 0 Å². The largest absolute Gasteiger partial charge is 0.462 e. The number of unbranched alkanes of at least 4 members (excludes halogenated alkanes) is 13. The molecule has 0 fully saturated rings. The Balaban J connectivity index is 4.18. The van der Waals surface area contributed by atoms with Gasteiger partial charge in [0.2, 0.25) is 0 Å². The molecule has 0 rings (SSSR count). The van der Waals surface area contributed by atoms with Crippen LogP contribution in [0, 0.1) is 0 Å². The van der Waals surface area contributed by atoms with Gasteiger partial charge < -0.3 is 14.2 Å². The van der Waals surface area contributed by atoms with E-state index in [9.17, 15) is 9.59 Å². The van der Waals surface area contributed by atoms with Crippen molar-refractivity contribution in [1.82, 2.24) is 0 Å². The zero-order chi connectivity index (χ0) is 36.4. The summed E-state index contributed by atoms with van der Waals surface area (Å²) >= 11 is 0. The van der Waals surface area contributed by atoms with Crippen LogP contribution in [0.3, 0.4) is 0 Å². The van der Waals surface area contributed by atoms with E-state index in [4.69, 9.17) is 14.2 Å². The van der Waals surface area contributed by atoms with Gasteiger partial charge in [-0.25, -0.2) is 0 Å². The molecule has 0 saturated carbocycles. The van der Waals surface area contributed by atoms with Gasteiger partial charge >= 0.3 is 11.9 Å². The predicted molar refractivity (Wildman–Crippen MR) is 214 cm³/mol. The Kier molecular flexibility index (Phi) is 38.6. The first kappa shape index (κ1) is 47.3. The number of allylic oxidation sites excluding steroid dienone is 12. The normalized spacial score (nSPS) is 12.9. The number of hydrogen-bond acceptors (Lipinski definition) is 5. The molecule has 0 N–H and O–H groups in total. The van der Waals surface area contributed by atoms with E-state index < -0.39 is 6.10 Å².